The molecule has 0 fully saturated rings. The molecular weight excluding hydrogens is 282 g/mol. The molecule has 22 heavy (non-hydrogen) atoms. The number of nitrogens with zero attached hydrogens (tertiary/aromatic N) is 1. The molecule has 0 aliphatic rings. The van der Waals surface area contributed by atoms with E-state index in [1.54, 1.807) is 18.2 Å². The summed E-state index contributed by atoms with van der Waals surface area (Å²) < 4.78 is 0. The number of non-ortho nitro benzene ring substituents is 1. The summed E-state index contributed by atoms with van der Waals surface area (Å²) in [4.78, 5) is 22.7. The Balaban J connectivity index is 2.09. The predicted molar refractivity (Wildman–Crippen MR) is 82.1 cm³/mol. The van der Waals surface area contributed by atoms with Crippen LogP contribution in [-0.4, -0.2) is 15.8 Å². The van der Waals surface area contributed by atoms with Gasteiger partial charge in [0.2, 0.25) is 0 Å². The minimum atomic E-state index is -0.601. The van der Waals surface area contributed by atoms with Crippen LogP contribution in [0, 0.1) is 10.1 Å². The van der Waals surface area contributed by atoms with Gasteiger partial charge in [-0.3, -0.25) is 14.9 Å². The van der Waals surface area contributed by atoms with Gasteiger partial charge in [0, 0.05) is 17.7 Å². The molecule has 0 unspecified atom stereocenters. The minimum absolute atomic E-state index is 0.0792. The molecule has 5 nitrogen and oxygen atoms in total. The number of carbonyl (C=O) groups excluding carboxylic acids is 1. The number of carbonyl (C=O) groups is 1. The van der Waals surface area contributed by atoms with Gasteiger partial charge in [0.05, 0.1) is 10.5 Å². The average Bonchev–Trinajstić information content (AvgIpc) is 2.54. The quantitative estimate of drug-likeness (QED) is 0.453. The van der Waals surface area contributed by atoms with Crippen molar-refractivity contribution in [3.8, 4) is 5.75 Å². The van der Waals surface area contributed by atoms with Gasteiger partial charge in [-0.2, -0.15) is 0 Å². The Bertz CT molecular complexity index is 902. The number of hydrogen-bond donors (Lipinski definition) is 1. The predicted octanol–water partition coefficient (Wildman–Crippen LogP) is 3.68. The molecule has 0 saturated carbocycles. The number of aromatic hydroxyl groups is 1. The molecule has 0 radical (unpaired) electrons. The highest BCUT2D eigenvalue weighted by Crippen LogP contribution is 2.26. The molecule has 0 atom stereocenters. The zero-order valence-electron chi connectivity index (χ0n) is 11.4. The number of fused-ring (bicyclic) bond motifs is 1. The summed E-state index contributed by atoms with van der Waals surface area (Å²) in [6, 6.07) is 16.1. The lowest BCUT2D eigenvalue weighted by atomic mass is 9.99. The van der Waals surface area contributed by atoms with Crippen LogP contribution in [0.3, 0.4) is 0 Å². The summed E-state index contributed by atoms with van der Waals surface area (Å²) in [5.74, 6) is -0.726. The van der Waals surface area contributed by atoms with Crippen molar-refractivity contribution < 1.29 is 14.8 Å². The van der Waals surface area contributed by atoms with E-state index in [1.807, 2.05) is 24.3 Å². The molecule has 0 bridgehead atoms. The van der Waals surface area contributed by atoms with E-state index in [1.165, 1.54) is 0 Å². The van der Waals surface area contributed by atoms with Gasteiger partial charge < -0.3 is 5.11 Å². The molecule has 0 aliphatic carbocycles. The second-order valence-electron chi connectivity index (χ2n) is 4.85. The SMILES string of the molecule is O=C(c1ccc2ccccc2c1)c1cc([N+](=O)[O-])ccc1O. The number of benzene rings is 3. The molecule has 0 aromatic heterocycles. The van der Waals surface area contributed by atoms with Gasteiger partial charge in [-0.15, -0.1) is 0 Å². The first-order valence-corrected chi connectivity index (χ1v) is 6.57. The lowest BCUT2D eigenvalue weighted by molar-refractivity contribution is -0.384. The standard InChI is InChI=1S/C17H11NO4/c19-16-8-7-14(18(21)22)10-15(16)17(20)13-6-5-11-3-1-2-4-12(11)9-13/h1-10,19H. The van der Waals surface area contributed by atoms with Crippen molar-refractivity contribution in [3.63, 3.8) is 0 Å². The monoisotopic (exact) mass is 293 g/mol. The smallest absolute Gasteiger partial charge is 0.270 e. The van der Waals surface area contributed by atoms with Crippen LogP contribution >= 0.6 is 0 Å². The highest BCUT2D eigenvalue weighted by molar-refractivity contribution is 6.12. The summed E-state index contributed by atoms with van der Waals surface area (Å²) in [7, 11) is 0. The molecule has 0 spiro atoms. The third kappa shape index (κ3) is 2.40. The van der Waals surface area contributed by atoms with Crippen molar-refractivity contribution in [1.29, 1.82) is 0 Å². The lowest BCUT2D eigenvalue weighted by Crippen LogP contribution is -2.02. The second kappa shape index (κ2) is 5.29. The summed E-state index contributed by atoms with van der Waals surface area (Å²) in [5.41, 5.74) is 0.0564. The number of nitro groups is 1. The molecule has 108 valence electrons. The lowest BCUT2D eigenvalue weighted by Gasteiger charge is -2.05. The number of phenols is 1. The van der Waals surface area contributed by atoms with E-state index in [2.05, 4.69) is 0 Å². The first-order chi connectivity index (χ1) is 10.6. The number of hydrogen-bond acceptors (Lipinski definition) is 4. The van der Waals surface area contributed by atoms with Gasteiger partial charge in [-0.25, -0.2) is 0 Å². The van der Waals surface area contributed by atoms with E-state index >= 15 is 0 Å². The van der Waals surface area contributed by atoms with Crippen LogP contribution in [0.2, 0.25) is 0 Å². The van der Waals surface area contributed by atoms with E-state index in [-0.39, 0.29) is 17.0 Å². The minimum Gasteiger partial charge on any atom is -0.507 e. The maximum absolute atomic E-state index is 12.5. The summed E-state index contributed by atoms with van der Waals surface area (Å²) in [5, 5.41) is 22.5. The van der Waals surface area contributed by atoms with E-state index < -0.39 is 10.7 Å². The Kier molecular flexibility index (Phi) is 3.31. The normalized spacial score (nSPS) is 10.5. The van der Waals surface area contributed by atoms with Crippen molar-refractivity contribution in [2.24, 2.45) is 0 Å². The van der Waals surface area contributed by atoms with Crippen molar-refractivity contribution in [3.05, 3.63) is 81.9 Å². The number of phenolic OH excluding ortho intramolecular Hbond substituents is 1. The van der Waals surface area contributed by atoms with Crippen molar-refractivity contribution >= 4 is 22.2 Å². The van der Waals surface area contributed by atoms with Crippen molar-refractivity contribution in [2.45, 2.75) is 0 Å². The van der Waals surface area contributed by atoms with E-state index in [9.17, 15) is 20.0 Å². The molecule has 1 N–H and O–H groups in total. The van der Waals surface area contributed by atoms with Crippen molar-refractivity contribution in [2.75, 3.05) is 0 Å². The molecule has 0 heterocycles. The topological polar surface area (TPSA) is 80.4 Å². The van der Waals surface area contributed by atoms with Gasteiger partial charge in [-0.05, 0) is 22.9 Å². The molecule has 3 rings (SSSR count). The second-order valence-corrected chi connectivity index (χ2v) is 4.85. The van der Waals surface area contributed by atoms with Crippen LogP contribution in [0.15, 0.2) is 60.7 Å². The molecule has 0 amide bonds. The molecule has 0 saturated heterocycles. The molecule has 3 aromatic carbocycles. The Hall–Kier alpha value is -3.21. The summed E-state index contributed by atoms with van der Waals surface area (Å²) in [6.45, 7) is 0. The Morgan fingerprint density at radius 1 is 0.955 bits per heavy atom. The van der Waals surface area contributed by atoms with E-state index in [4.69, 9.17) is 0 Å². The zero-order valence-corrected chi connectivity index (χ0v) is 11.4. The zero-order chi connectivity index (χ0) is 15.7. The van der Waals surface area contributed by atoms with Crippen LogP contribution in [0.4, 0.5) is 5.69 Å². The van der Waals surface area contributed by atoms with Gasteiger partial charge in [0.1, 0.15) is 5.75 Å². The van der Waals surface area contributed by atoms with Gasteiger partial charge in [0.15, 0.2) is 5.78 Å². The highest BCUT2D eigenvalue weighted by Gasteiger charge is 2.18. The molecule has 0 aliphatic heterocycles. The van der Waals surface area contributed by atoms with Gasteiger partial charge >= 0.3 is 0 Å². The largest absolute Gasteiger partial charge is 0.507 e. The van der Waals surface area contributed by atoms with Gasteiger partial charge in [-0.1, -0.05) is 36.4 Å². The van der Waals surface area contributed by atoms with E-state index in [0.29, 0.717) is 5.56 Å². The van der Waals surface area contributed by atoms with Crippen molar-refractivity contribution in [1.82, 2.24) is 0 Å². The third-order valence-electron chi connectivity index (χ3n) is 3.45. The Morgan fingerprint density at radius 3 is 2.41 bits per heavy atom. The fourth-order valence-electron chi connectivity index (χ4n) is 2.31. The highest BCUT2D eigenvalue weighted by atomic mass is 16.6. The van der Waals surface area contributed by atoms with Crippen LogP contribution in [0.5, 0.6) is 5.75 Å². The molecule has 5 heteroatoms. The molecule has 3 aromatic rings. The maximum Gasteiger partial charge on any atom is 0.270 e. The van der Waals surface area contributed by atoms with Crippen LogP contribution in [-0.2, 0) is 0 Å². The maximum atomic E-state index is 12.5. The number of ketones is 1. The fourth-order valence-corrected chi connectivity index (χ4v) is 2.31. The molecular formula is C17H11NO4. The van der Waals surface area contributed by atoms with Crippen LogP contribution in [0.1, 0.15) is 15.9 Å². The Labute approximate surface area is 125 Å². The van der Waals surface area contributed by atoms with Crippen LogP contribution in [0.25, 0.3) is 10.8 Å². The third-order valence-corrected chi connectivity index (χ3v) is 3.45. The van der Waals surface area contributed by atoms with Crippen LogP contribution < -0.4 is 0 Å². The fraction of sp³-hybridized carbons (Fsp3) is 0. The summed E-state index contributed by atoms with van der Waals surface area (Å²) >= 11 is 0. The Morgan fingerprint density at radius 2 is 1.68 bits per heavy atom. The number of nitro benzene ring substituents is 1. The number of rotatable bonds is 3. The van der Waals surface area contributed by atoms with E-state index in [0.717, 1.165) is 29.0 Å². The summed E-state index contributed by atoms with van der Waals surface area (Å²) in [6.07, 6.45) is 0. The average molecular weight is 293 g/mol. The first-order valence-electron chi connectivity index (χ1n) is 6.57. The van der Waals surface area contributed by atoms with Gasteiger partial charge in [0.25, 0.3) is 5.69 Å². The first kappa shape index (κ1) is 13.8.